The third-order valence-electron chi connectivity index (χ3n) is 4.60. The average molecular weight is 378 g/mol. The lowest BCUT2D eigenvalue weighted by atomic mass is 10.0. The standard InChI is InChI=1S/C22H17FNO2S/c1-24-17-7-4-3-6-16(17)20(21-18(24)8-5-9-19(21)25-2)22(27)26-15-12-10-14(23)11-13-15/h3-13H,1-2H3/q+1. The first kappa shape index (κ1) is 17.4. The van der Waals surface area contributed by atoms with Crippen molar-refractivity contribution >= 4 is 39.1 Å². The third kappa shape index (κ3) is 3.00. The molecule has 4 rings (SSSR count). The highest BCUT2D eigenvalue weighted by Crippen LogP contribution is 2.33. The molecule has 0 aliphatic carbocycles. The predicted octanol–water partition coefficient (Wildman–Crippen LogP) is 4.72. The molecule has 0 saturated heterocycles. The van der Waals surface area contributed by atoms with E-state index in [0.717, 1.165) is 27.4 Å². The summed E-state index contributed by atoms with van der Waals surface area (Å²) in [5, 5.41) is 2.16. The molecular weight excluding hydrogens is 361 g/mol. The van der Waals surface area contributed by atoms with Crippen LogP contribution in [-0.4, -0.2) is 12.2 Å². The molecule has 0 amide bonds. The Balaban J connectivity index is 2.00. The fourth-order valence-corrected chi connectivity index (χ4v) is 3.64. The molecule has 3 nitrogen and oxygen atoms in total. The molecule has 0 radical (unpaired) electrons. The Bertz CT molecular complexity index is 1170. The number of hydrogen-bond acceptors (Lipinski definition) is 3. The van der Waals surface area contributed by atoms with Crippen LogP contribution in [0.1, 0.15) is 5.56 Å². The number of benzene rings is 3. The predicted molar refractivity (Wildman–Crippen MR) is 108 cm³/mol. The minimum atomic E-state index is -0.322. The number of ether oxygens (including phenoxy) is 2. The zero-order chi connectivity index (χ0) is 19.0. The molecule has 1 heterocycles. The van der Waals surface area contributed by atoms with E-state index in [4.69, 9.17) is 21.7 Å². The summed E-state index contributed by atoms with van der Waals surface area (Å²) in [6.07, 6.45) is 0. The molecule has 0 bridgehead atoms. The fraction of sp³-hybridized carbons (Fsp3) is 0.0909. The number of pyridine rings is 1. The Morgan fingerprint density at radius 1 is 0.926 bits per heavy atom. The van der Waals surface area contributed by atoms with Gasteiger partial charge < -0.3 is 9.47 Å². The van der Waals surface area contributed by atoms with Gasteiger partial charge in [0.15, 0.2) is 5.05 Å². The van der Waals surface area contributed by atoms with E-state index in [1.807, 2.05) is 49.5 Å². The van der Waals surface area contributed by atoms with Gasteiger partial charge in [0, 0.05) is 12.1 Å². The number of aromatic nitrogens is 1. The molecule has 5 heteroatoms. The molecule has 1 aromatic heterocycles. The van der Waals surface area contributed by atoms with Gasteiger partial charge in [0.2, 0.25) is 11.0 Å². The Labute approximate surface area is 161 Å². The Morgan fingerprint density at radius 3 is 2.37 bits per heavy atom. The molecule has 4 aromatic rings. The average Bonchev–Trinajstić information content (AvgIpc) is 2.69. The van der Waals surface area contributed by atoms with Gasteiger partial charge in [-0.2, -0.15) is 4.57 Å². The molecule has 0 saturated carbocycles. The van der Waals surface area contributed by atoms with Crippen molar-refractivity contribution in [2.75, 3.05) is 7.11 Å². The highest BCUT2D eigenvalue weighted by atomic mass is 32.1. The molecule has 3 aromatic carbocycles. The topological polar surface area (TPSA) is 22.3 Å². The summed E-state index contributed by atoms with van der Waals surface area (Å²) >= 11 is 5.66. The lowest BCUT2D eigenvalue weighted by molar-refractivity contribution is -0.617. The van der Waals surface area contributed by atoms with Crippen LogP contribution in [0, 0.1) is 5.82 Å². The van der Waals surface area contributed by atoms with Crippen LogP contribution in [0.4, 0.5) is 4.39 Å². The number of fused-ring (bicyclic) bond motifs is 2. The molecule has 0 aliphatic heterocycles. The Hall–Kier alpha value is -3.05. The van der Waals surface area contributed by atoms with E-state index >= 15 is 0 Å². The quantitative estimate of drug-likeness (QED) is 0.293. The number of halogens is 1. The van der Waals surface area contributed by atoms with Crippen molar-refractivity contribution in [2.24, 2.45) is 7.05 Å². The molecule has 0 aliphatic rings. The Kier molecular flexibility index (Phi) is 4.46. The smallest absolute Gasteiger partial charge is 0.217 e. The van der Waals surface area contributed by atoms with Crippen LogP contribution in [0.5, 0.6) is 11.5 Å². The van der Waals surface area contributed by atoms with Crippen LogP contribution in [0.2, 0.25) is 0 Å². The maximum atomic E-state index is 13.2. The maximum Gasteiger partial charge on any atom is 0.217 e. The second-order valence-corrected chi connectivity index (χ2v) is 6.52. The largest absolute Gasteiger partial charge is 0.496 e. The van der Waals surface area contributed by atoms with E-state index in [-0.39, 0.29) is 5.82 Å². The molecular formula is C22H17FNO2S+. The first-order valence-corrected chi connectivity index (χ1v) is 8.86. The summed E-state index contributed by atoms with van der Waals surface area (Å²) in [6, 6.07) is 19.7. The maximum absolute atomic E-state index is 13.2. The van der Waals surface area contributed by atoms with E-state index in [9.17, 15) is 4.39 Å². The van der Waals surface area contributed by atoms with Gasteiger partial charge in [0.25, 0.3) is 0 Å². The summed E-state index contributed by atoms with van der Waals surface area (Å²) in [6.45, 7) is 0. The van der Waals surface area contributed by atoms with Crippen molar-refractivity contribution < 1.29 is 18.4 Å². The summed E-state index contributed by atoms with van der Waals surface area (Å²) in [7, 11) is 3.65. The summed E-state index contributed by atoms with van der Waals surface area (Å²) in [5.74, 6) is 0.883. The van der Waals surface area contributed by atoms with Gasteiger partial charge in [-0.15, -0.1) is 0 Å². The van der Waals surface area contributed by atoms with Crippen molar-refractivity contribution in [1.82, 2.24) is 0 Å². The monoisotopic (exact) mass is 378 g/mol. The normalized spacial score (nSPS) is 10.9. The summed E-state index contributed by atoms with van der Waals surface area (Å²) in [5.41, 5.74) is 2.79. The number of thiocarbonyl (C=S) groups is 1. The van der Waals surface area contributed by atoms with Crippen LogP contribution >= 0.6 is 12.2 Å². The van der Waals surface area contributed by atoms with Gasteiger partial charge in [0.1, 0.15) is 29.8 Å². The number of para-hydroxylation sites is 1. The molecule has 0 N–H and O–H groups in total. The van der Waals surface area contributed by atoms with Gasteiger partial charge in [-0.3, -0.25) is 0 Å². The minimum Gasteiger partial charge on any atom is -0.496 e. The van der Waals surface area contributed by atoms with Crippen molar-refractivity contribution in [2.45, 2.75) is 0 Å². The first-order valence-electron chi connectivity index (χ1n) is 8.45. The number of hydrogen-bond donors (Lipinski definition) is 0. The van der Waals surface area contributed by atoms with Crippen LogP contribution in [-0.2, 0) is 7.05 Å². The summed E-state index contributed by atoms with van der Waals surface area (Å²) < 4.78 is 26.8. The Morgan fingerprint density at radius 2 is 1.63 bits per heavy atom. The van der Waals surface area contributed by atoms with Crippen molar-refractivity contribution in [3.8, 4) is 11.5 Å². The molecule has 0 spiro atoms. The van der Waals surface area contributed by atoms with Gasteiger partial charge >= 0.3 is 0 Å². The zero-order valence-electron chi connectivity index (χ0n) is 14.9. The zero-order valence-corrected chi connectivity index (χ0v) is 15.7. The lowest BCUT2D eigenvalue weighted by Gasteiger charge is -2.14. The van der Waals surface area contributed by atoms with E-state index in [1.54, 1.807) is 19.2 Å². The van der Waals surface area contributed by atoms with Gasteiger partial charge in [-0.1, -0.05) is 18.2 Å². The van der Waals surface area contributed by atoms with E-state index in [0.29, 0.717) is 16.5 Å². The van der Waals surface area contributed by atoms with Crippen LogP contribution < -0.4 is 14.0 Å². The van der Waals surface area contributed by atoms with Crippen molar-refractivity contribution in [1.29, 1.82) is 0 Å². The van der Waals surface area contributed by atoms with Gasteiger partial charge in [0.05, 0.1) is 18.1 Å². The number of methoxy groups -OCH3 is 1. The molecule has 0 unspecified atom stereocenters. The highest BCUT2D eigenvalue weighted by molar-refractivity contribution is 7.80. The number of rotatable bonds is 3. The molecule has 134 valence electrons. The van der Waals surface area contributed by atoms with Crippen LogP contribution in [0.15, 0.2) is 66.7 Å². The van der Waals surface area contributed by atoms with Gasteiger partial charge in [-0.05, 0) is 48.6 Å². The minimum absolute atomic E-state index is 0.313. The van der Waals surface area contributed by atoms with E-state index < -0.39 is 0 Å². The summed E-state index contributed by atoms with van der Waals surface area (Å²) in [4.78, 5) is 0. The van der Waals surface area contributed by atoms with Crippen LogP contribution in [0.25, 0.3) is 21.8 Å². The second kappa shape index (κ2) is 6.93. The number of nitrogens with zero attached hydrogens (tertiary/aromatic N) is 1. The van der Waals surface area contributed by atoms with E-state index in [1.165, 1.54) is 12.1 Å². The highest BCUT2D eigenvalue weighted by Gasteiger charge is 2.24. The SMILES string of the molecule is COc1cccc2c1c(C(=S)Oc1ccc(F)cc1)c1ccccc1[n+]2C. The van der Waals surface area contributed by atoms with Crippen molar-refractivity contribution in [3.63, 3.8) is 0 Å². The molecule has 0 fully saturated rings. The van der Waals surface area contributed by atoms with Crippen molar-refractivity contribution in [3.05, 3.63) is 78.1 Å². The van der Waals surface area contributed by atoms with Gasteiger partial charge in [-0.25, -0.2) is 4.39 Å². The molecule has 27 heavy (non-hydrogen) atoms. The third-order valence-corrected chi connectivity index (χ3v) is 4.89. The van der Waals surface area contributed by atoms with Crippen LogP contribution in [0.3, 0.4) is 0 Å². The first-order chi connectivity index (χ1) is 13.1. The van der Waals surface area contributed by atoms with E-state index in [2.05, 4.69) is 4.57 Å². The molecule has 0 atom stereocenters. The second-order valence-electron chi connectivity index (χ2n) is 6.15. The lowest BCUT2D eigenvalue weighted by Crippen LogP contribution is -2.31. The fourth-order valence-electron chi connectivity index (χ4n) is 3.34. The number of aryl methyl sites for hydroxylation is 1.